The summed E-state index contributed by atoms with van der Waals surface area (Å²) in [6, 6.07) is 12.5. The van der Waals surface area contributed by atoms with Crippen LogP contribution in [0.3, 0.4) is 0 Å². The summed E-state index contributed by atoms with van der Waals surface area (Å²) in [5, 5.41) is 0. The molecule has 0 N–H and O–H groups in total. The number of unbranched alkanes of at least 4 members (excludes halogenated alkanes) is 1. The summed E-state index contributed by atoms with van der Waals surface area (Å²) < 4.78 is 15.9. The van der Waals surface area contributed by atoms with E-state index < -0.39 is 17.7 Å². The Balaban J connectivity index is 1.41. The fourth-order valence-corrected chi connectivity index (χ4v) is 5.10. The van der Waals surface area contributed by atoms with Crippen molar-refractivity contribution in [3.8, 4) is 17.2 Å². The number of ether oxygens (including phenoxy) is 3. The second kappa shape index (κ2) is 10.8. The predicted octanol–water partition coefficient (Wildman–Crippen LogP) is 3.12. The van der Waals surface area contributed by atoms with Crippen LogP contribution in [0.15, 0.2) is 42.5 Å². The molecule has 2 bridgehead atoms. The van der Waals surface area contributed by atoms with E-state index in [0.717, 1.165) is 19.3 Å². The van der Waals surface area contributed by atoms with E-state index in [4.69, 9.17) is 14.2 Å². The summed E-state index contributed by atoms with van der Waals surface area (Å²) in [5.74, 6) is -0.488. The first-order chi connectivity index (χ1) is 17.0. The molecule has 0 aliphatic carbocycles. The Labute approximate surface area is 205 Å². The Morgan fingerprint density at radius 3 is 2.26 bits per heavy atom. The smallest absolute Gasteiger partial charge is 0.295 e. The van der Waals surface area contributed by atoms with Gasteiger partial charge in [0.15, 0.2) is 11.5 Å². The first kappa shape index (κ1) is 24.6. The van der Waals surface area contributed by atoms with Crippen molar-refractivity contribution >= 4 is 17.6 Å². The lowest BCUT2D eigenvalue weighted by molar-refractivity contribution is -0.149. The molecule has 8 heteroatoms. The molecule has 2 heterocycles. The third kappa shape index (κ3) is 4.97. The molecule has 0 radical (unpaired) electrons. The van der Waals surface area contributed by atoms with Crippen molar-refractivity contribution < 1.29 is 28.6 Å². The molecule has 2 aliphatic rings. The average molecular weight is 481 g/mol. The van der Waals surface area contributed by atoms with E-state index in [1.54, 1.807) is 0 Å². The third-order valence-electron chi connectivity index (χ3n) is 6.87. The maximum Gasteiger partial charge on any atom is 0.295 e. The van der Waals surface area contributed by atoms with Crippen molar-refractivity contribution in [2.45, 2.75) is 44.2 Å². The van der Waals surface area contributed by atoms with Crippen molar-refractivity contribution in [1.82, 2.24) is 9.80 Å². The van der Waals surface area contributed by atoms with Crippen LogP contribution in [0.25, 0.3) is 0 Å². The van der Waals surface area contributed by atoms with E-state index in [1.807, 2.05) is 23.1 Å². The monoisotopic (exact) mass is 480 g/mol. The van der Waals surface area contributed by atoms with Crippen molar-refractivity contribution in [2.24, 2.45) is 0 Å². The number of ketones is 1. The molecule has 2 atom stereocenters. The Hall–Kier alpha value is -3.55. The maximum absolute atomic E-state index is 13.3. The second-order valence-corrected chi connectivity index (χ2v) is 8.93. The number of hydrogen-bond donors (Lipinski definition) is 0. The standard InChI is InChI=1S/C27H32N2O6/c1-33-22-15-19(16-23(34-2)25(22)35-3)24(30)27(32)29-20-12-13-21(29)26(31)28(17-20)14-8-7-11-18-9-5-4-6-10-18/h4-6,9-10,15-16,20-21H,7-8,11-14,17H2,1-3H3. The van der Waals surface area contributed by atoms with Crippen molar-refractivity contribution in [2.75, 3.05) is 34.4 Å². The molecular formula is C27H32N2O6. The van der Waals surface area contributed by atoms with Crippen LogP contribution in [0, 0.1) is 0 Å². The zero-order valence-electron chi connectivity index (χ0n) is 20.5. The van der Waals surface area contributed by atoms with Crippen LogP contribution in [-0.2, 0) is 16.0 Å². The Morgan fingerprint density at radius 2 is 1.63 bits per heavy atom. The van der Waals surface area contributed by atoms with Gasteiger partial charge in [-0.05, 0) is 49.8 Å². The molecule has 2 saturated heterocycles. The van der Waals surface area contributed by atoms with Gasteiger partial charge in [0.2, 0.25) is 11.7 Å². The number of rotatable bonds is 10. The van der Waals surface area contributed by atoms with E-state index in [2.05, 4.69) is 12.1 Å². The van der Waals surface area contributed by atoms with E-state index >= 15 is 0 Å². The Kier molecular flexibility index (Phi) is 7.58. The van der Waals surface area contributed by atoms with Gasteiger partial charge >= 0.3 is 0 Å². The van der Waals surface area contributed by atoms with Crippen LogP contribution >= 0.6 is 0 Å². The summed E-state index contributed by atoms with van der Waals surface area (Å²) in [6.07, 6.45) is 4.16. The van der Waals surface area contributed by atoms with Gasteiger partial charge in [0.05, 0.1) is 27.4 Å². The number of piperazine rings is 1. The third-order valence-corrected chi connectivity index (χ3v) is 6.87. The molecule has 4 rings (SSSR count). The molecule has 2 fully saturated rings. The molecule has 8 nitrogen and oxygen atoms in total. The van der Waals surface area contributed by atoms with Crippen LogP contribution in [-0.4, -0.2) is 73.9 Å². The number of carbonyl (C=O) groups excluding carboxylic acids is 3. The number of fused-ring (bicyclic) bond motifs is 2. The maximum atomic E-state index is 13.3. The van der Waals surface area contributed by atoms with Crippen LogP contribution in [0.4, 0.5) is 0 Å². The van der Waals surface area contributed by atoms with Gasteiger partial charge in [-0.3, -0.25) is 14.4 Å². The highest BCUT2D eigenvalue weighted by Crippen LogP contribution is 2.39. The molecule has 0 saturated carbocycles. The highest BCUT2D eigenvalue weighted by molar-refractivity contribution is 6.43. The van der Waals surface area contributed by atoms with Gasteiger partial charge in [-0.15, -0.1) is 0 Å². The van der Waals surface area contributed by atoms with Gasteiger partial charge in [0.1, 0.15) is 6.04 Å². The van der Waals surface area contributed by atoms with Gasteiger partial charge in [-0.2, -0.15) is 0 Å². The topological polar surface area (TPSA) is 85.4 Å². The summed E-state index contributed by atoms with van der Waals surface area (Å²) in [6.45, 7) is 1.14. The van der Waals surface area contributed by atoms with Crippen LogP contribution < -0.4 is 14.2 Å². The highest BCUT2D eigenvalue weighted by Gasteiger charge is 2.49. The van der Waals surface area contributed by atoms with E-state index in [0.29, 0.717) is 43.2 Å². The van der Waals surface area contributed by atoms with E-state index in [1.165, 1.54) is 43.9 Å². The quantitative estimate of drug-likeness (QED) is 0.295. The first-order valence-electron chi connectivity index (χ1n) is 12.0. The first-order valence-corrected chi connectivity index (χ1v) is 12.0. The molecule has 0 spiro atoms. The number of carbonyl (C=O) groups is 3. The number of aryl methyl sites for hydroxylation is 1. The number of methoxy groups -OCH3 is 3. The number of Topliss-reactive ketones (excluding diaryl/α,β-unsaturated/α-hetero) is 1. The minimum Gasteiger partial charge on any atom is -0.493 e. The zero-order valence-corrected chi connectivity index (χ0v) is 20.5. The van der Waals surface area contributed by atoms with E-state index in [-0.39, 0.29) is 17.5 Å². The van der Waals surface area contributed by atoms with Crippen LogP contribution in [0.1, 0.15) is 41.6 Å². The zero-order chi connectivity index (χ0) is 24.9. The lowest BCUT2D eigenvalue weighted by Crippen LogP contribution is -2.60. The summed E-state index contributed by atoms with van der Waals surface area (Å²) >= 11 is 0. The van der Waals surface area contributed by atoms with Crippen LogP contribution in [0.2, 0.25) is 0 Å². The number of amides is 2. The Morgan fingerprint density at radius 1 is 0.943 bits per heavy atom. The summed E-state index contributed by atoms with van der Waals surface area (Å²) in [4.78, 5) is 43.0. The largest absolute Gasteiger partial charge is 0.493 e. The normalized spacial score (nSPS) is 19.0. The molecular weight excluding hydrogens is 448 g/mol. The lowest BCUT2D eigenvalue weighted by atomic mass is 10.0. The lowest BCUT2D eigenvalue weighted by Gasteiger charge is -2.40. The van der Waals surface area contributed by atoms with Gasteiger partial charge in [0.25, 0.3) is 11.7 Å². The minimum atomic E-state index is -0.690. The average Bonchev–Trinajstić information content (AvgIpc) is 3.24. The molecule has 2 aromatic carbocycles. The molecule has 186 valence electrons. The van der Waals surface area contributed by atoms with Gasteiger partial charge in [-0.25, -0.2) is 0 Å². The second-order valence-electron chi connectivity index (χ2n) is 8.93. The van der Waals surface area contributed by atoms with Gasteiger partial charge < -0.3 is 24.0 Å². The van der Waals surface area contributed by atoms with Crippen LogP contribution in [0.5, 0.6) is 17.2 Å². The number of nitrogens with zero attached hydrogens (tertiary/aromatic N) is 2. The van der Waals surface area contributed by atoms with Crippen molar-refractivity contribution in [3.05, 3.63) is 53.6 Å². The summed E-state index contributed by atoms with van der Waals surface area (Å²) in [5.41, 5.74) is 1.43. The summed E-state index contributed by atoms with van der Waals surface area (Å²) in [7, 11) is 4.37. The number of hydrogen-bond acceptors (Lipinski definition) is 6. The minimum absolute atomic E-state index is 0.0653. The molecule has 2 amide bonds. The molecule has 35 heavy (non-hydrogen) atoms. The Bertz CT molecular complexity index is 1060. The number of benzene rings is 2. The van der Waals surface area contributed by atoms with Crippen molar-refractivity contribution in [1.29, 1.82) is 0 Å². The fraction of sp³-hybridized carbons (Fsp3) is 0.444. The number of likely N-dealkylation sites (tertiary alicyclic amines) is 1. The molecule has 2 unspecified atom stereocenters. The van der Waals surface area contributed by atoms with Crippen molar-refractivity contribution in [3.63, 3.8) is 0 Å². The highest BCUT2D eigenvalue weighted by atomic mass is 16.5. The van der Waals surface area contributed by atoms with Gasteiger partial charge in [-0.1, -0.05) is 30.3 Å². The molecule has 2 aromatic rings. The fourth-order valence-electron chi connectivity index (χ4n) is 5.10. The molecule has 2 aliphatic heterocycles. The predicted molar refractivity (Wildman–Crippen MR) is 130 cm³/mol. The van der Waals surface area contributed by atoms with E-state index in [9.17, 15) is 14.4 Å². The molecule has 0 aromatic heterocycles. The van der Waals surface area contributed by atoms with Gasteiger partial charge in [0, 0.05) is 18.7 Å². The SMILES string of the molecule is COc1cc(C(=O)C(=O)N2C3CCC2C(=O)N(CCCCc2ccccc2)C3)cc(OC)c1OC.